The molecule has 2 aromatic rings. The average Bonchev–Trinajstić information content (AvgIpc) is 2.85. The van der Waals surface area contributed by atoms with Gasteiger partial charge in [-0.25, -0.2) is 8.42 Å². The van der Waals surface area contributed by atoms with Crippen molar-refractivity contribution in [3.63, 3.8) is 0 Å². The van der Waals surface area contributed by atoms with Crippen LogP contribution in [0, 0.1) is 0 Å². The van der Waals surface area contributed by atoms with Crippen molar-refractivity contribution >= 4 is 27.5 Å². The summed E-state index contributed by atoms with van der Waals surface area (Å²) in [5, 5.41) is 0.486. The molecule has 1 fully saturated rings. The quantitative estimate of drug-likeness (QED) is 0.727. The Morgan fingerprint density at radius 1 is 1.10 bits per heavy atom. The summed E-state index contributed by atoms with van der Waals surface area (Å²) in [5.41, 5.74) is 0.146. The van der Waals surface area contributed by atoms with E-state index in [-0.39, 0.29) is 17.3 Å². The molecule has 0 aromatic heterocycles. The fraction of sp³-hybridized carbons (Fsp3) is 0.381. The molecule has 1 amide bonds. The number of nitrogens with zero attached hydrogens (tertiary/aromatic N) is 2. The van der Waals surface area contributed by atoms with Crippen LogP contribution in [0.25, 0.3) is 0 Å². The number of carbonyl (C=O) groups is 1. The Kier molecular flexibility index (Phi) is 5.31. The largest absolute Gasteiger partial charge is 0.484 e. The SMILES string of the molecule is CC(=O)N1Cc2ccccc2OC2(CCCN(S(=O)(=O)c3ccc(Cl)cc3)C2)C1. The molecule has 29 heavy (non-hydrogen) atoms. The van der Waals surface area contributed by atoms with Crippen LogP contribution in [-0.4, -0.2) is 48.8 Å². The number of halogens is 1. The van der Waals surface area contributed by atoms with E-state index in [1.54, 1.807) is 17.0 Å². The number of amides is 1. The van der Waals surface area contributed by atoms with Crippen molar-refractivity contribution in [1.29, 1.82) is 0 Å². The van der Waals surface area contributed by atoms with Crippen molar-refractivity contribution in [3.05, 3.63) is 59.1 Å². The molecule has 1 spiro atoms. The number of ether oxygens (including phenoxy) is 1. The summed E-state index contributed by atoms with van der Waals surface area (Å²) in [6.45, 7) is 2.95. The standard InChI is InChI=1S/C21H23ClN2O4S/c1-16(25)23-13-17-5-2-3-6-20(17)28-21(14-23)11-4-12-24(15-21)29(26,27)19-9-7-18(22)8-10-19/h2-3,5-10H,4,11-15H2,1H3. The minimum Gasteiger partial charge on any atom is -0.484 e. The van der Waals surface area contributed by atoms with Crippen molar-refractivity contribution in [1.82, 2.24) is 9.21 Å². The molecule has 2 aliphatic rings. The predicted octanol–water partition coefficient (Wildman–Crippen LogP) is 3.30. The topological polar surface area (TPSA) is 66.9 Å². The molecule has 0 aliphatic carbocycles. The Hall–Kier alpha value is -2.09. The number of carbonyl (C=O) groups excluding carboxylic acids is 1. The van der Waals surface area contributed by atoms with Crippen LogP contribution in [0.5, 0.6) is 5.75 Å². The number of sulfonamides is 1. The molecule has 0 N–H and O–H groups in total. The van der Waals surface area contributed by atoms with Gasteiger partial charge in [-0.3, -0.25) is 4.79 Å². The van der Waals surface area contributed by atoms with Crippen LogP contribution in [0.4, 0.5) is 0 Å². The zero-order chi connectivity index (χ0) is 20.6. The third-order valence-corrected chi connectivity index (χ3v) is 7.65. The maximum atomic E-state index is 13.2. The highest BCUT2D eigenvalue weighted by Gasteiger charge is 2.45. The van der Waals surface area contributed by atoms with Crippen molar-refractivity contribution in [2.45, 2.75) is 36.8 Å². The summed E-state index contributed by atoms with van der Waals surface area (Å²) >= 11 is 5.91. The first-order valence-electron chi connectivity index (χ1n) is 9.57. The van der Waals surface area contributed by atoms with Gasteiger partial charge in [0.05, 0.1) is 18.0 Å². The molecule has 2 heterocycles. The lowest BCUT2D eigenvalue weighted by Crippen LogP contribution is -2.58. The van der Waals surface area contributed by atoms with E-state index >= 15 is 0 Å². The molecule has 0 bridgehead atoms. The molecule has 1 unspecified atom stereocenters. The number of fused-ring (bicyclic) bond motifs is 1. The van der Waals surface area contributed by atoms with E-state index in [1.165, 1.54) is 23.4 Å². The molecule has 4 rings (SSSR count). The van der Waals surface area contributed by atoms with Crippen molar-refractivity contribution in [2.24, 2.45) is 0 Å². The van der Waals surface area contributed by atoms with Crippen LogP contribution in [0.3, 0.4) is 0 Å². The van der Waals surface area contributed by atoms with Gasteiger partial charge < -0.3 is 9.64 Å². The molecule has 8 heteroatoms. The first-order chi connectivity index (χ1) is 13.8. The average molecular weight is 435 g/mol. The molecule has 1 atom stereocenters. The van der Waals surface area contributed by atoms with E-state index in [0.717, 1.165) is 5.56 Å². The highest BCUT2D eigenvalue weighted by atomic mass is 35.5. The van der Waals surface area contributed by atoms with Gasteiger partial charge in [0.1, 0.15) is 11.4 Å². The van der Waals surface area contributed by atoms with Gasteiger partial charge in [-0.2, -0.15) is 4.31 Å². The van der Waals surface area contributed by atoms with Gasteiger partial charge in [0.25, 0.3) is 0 Å². The van der Waals surface area contributed by atoms with Crippen LogP contribution in [0.15, 0.2) is 53.4 Å². The van der Waals surface area contributed by atoms with Crippen molar-refractivity contribution in [3.8, 4) is 5.75 Å². The maximum Gasteiger partial charge on any atom is 0.243 e. The molecule has 1 saturated heterocycles. The Labute approximate surface area is 176 Å². The molecule has 2 aliphatic heterocycles. The van der Waals surface area contributed by atoms with E-state index in [2.05, 4.69) is 0 Å². The number of hydrogen-bond donors (Lipinski definition) is 0. The van der Waals surface area contributed by atoms with Crippen LogP contribution in [0.1, 0.15) is 25.3 Å². The summed E-state index contributed by atoms with van der Waals surface area (Å²) in [6.07, 6.45) is 1.33. The predicted molar refractivity (Wildman–Crippen MR) is 110 cm³/mol. The van der Waals surface area contributed by atoms with E-state index in [9.17, 15) is 13.2 Å². The normalized spacial score (nSPS) is 22.6. The second-order valence-corrected chi connectivity index (χ2v) is 10.0. The third kappa shape index (κ3) is 3.99. The summed E-state index contributed by atoms with van der Waals surface area (Å²) in [4.78, 5) is 14.2. The smallest absolute Gasteiger partial charge is 0.243 e. The van der Waals surface area contributed by atoms with E-state index in [1.807, 2.05) is 24.3 Å². The van der Waals surface area contributed by atoms with Crippen molar-refractivity contribution < 1.29 is 17.9 Å². The van der Waals surface area contributed by atoms with Crippen LogP contribution in [-0.2, 0) is 21.4 Å². The van der Waals surface area contributed by atoms with Gasteiger partial charge in [-0.05, 0) is 43.2 Å². The number of hydrogen-bond acceptors (Lipinski definition) is 4. The Bertz CT molecular complexity index is 1030. The lowest BCUT2D eigenvalue weighted by Gasteiger charge is -2.43. The number of para-hydroxylation sites is 1. The second kappa shape index (κ2) is 7.63. The van der Waals surface area contributed by atoms with E-state index < -0.39 is 15.6 Å². The molecule has 154 valence electrons. The van der Waals surface area contributed by atoms with Crippen molar-refractivity contribution in [2.75, 3.05) is 19.6 Å². The van der Waals surface area contributed by atoms with Gasteiger partial charge in [-0.1, -0.05) is 29.8 Å². The lowest BCUT2D eigenvalue weighted by molar-refractivity contribution is -0.132. The Morgan fingerprint density at radius 3 is 2.55 bits per heavy atom. The van der Waals surface area contributed by atoms with Gasteiger partial charge in [0, 0.05) is 30.6 Å². The van der Waals surface area contributed by atoms with Gasteiger partial charge in [0.15, 0.2) is 0 Å². The molecule has 2 aromatic carbocycles. The molecular formula is C21H23ClN2O4S. The highest BCUT2D eigenvalue weighted by molar-refractivity contribution is 7.89. The van der Waals surface area contributed by atoms with Crippen LogP contribution >= 0.6 is 11.6 Å². The fourth-order valence-electron chi connectivity index (χ4n) is 4.06. The van der Waals surface area contributed by atoms with Gasteiger partial charge in [-0.15, -0.1) is 0 Å². The summed E-state index contributed by atoms with van der Waals surface area (Å²) < 4.78 is 34.3. The van der Waals surface area contributed by atoms with E-state index in [0.29, 0.717) is 43.2 Å². The zero-order valence-corrected chi connectivity index (χ0v) is 17.7. The summed E-state index contributed by atoms with van der Waals surface area (Å²) in [5.74, 6) is 0.657. The Balaban J connectivity index is 1.68. The first-order valence-corrected chi connectivity index (χ1v) is 11.4. The van der Waals surface area contributed by atoms with Crippen LogP contribution in [0.2, 0.25) is 5.02 Å². The number of benzene rings is 2. The van der Waals surface area contributed by atoms with Gasteiger partial charge in [0.2, 0.25) is 15.9 Å². The zero-order valence-electron chi connectivity index (χ0n) is 16.2. The second-order valence-electron chi connectivity index (χ2n) is 7.66. The summed E-state index contributed by atoms with van der Waals surface area (Å²) in [7, 11) is -3.69. The minimum absolute atomic E-state index is 0.0534. The molecule has 0 saturated carbocycles. The Morgan fingerprint density at radius 2 is 1.83 bits per heavy atom. The number of piperidine rings is 1. The van der Waals surface area contributed by atoms with Crippen LogP contribution < -0.4 is 4.74 Å². The molecular weight excluding hydrogens is 412 g/mol. The minimum atomic E-state index is -3.69. The monoisotopic (exact) mass is 434 g/mol. The van der Waals surface area contributed by atoms with E-state index in [4.69, 9.17) is 16.3 Å². The summed E-state index contributed by atoms with van der Waals surface area (Å²) in [6, 6.07) is 13.8. The lowest BCUT2D eigenvalue weighted by atomic mass is 9.93. The number of rotatable bonds is 2. The molecule has 6 nitrogen and oxygen atoms in total. The highest BCUT2D eigenvalue weighted by Crippen LogP contribution is 2.36. The van der Waals surface area contributed by atoms with Gasteiger partial charge >= 0.3 is 0 Å². The fourth-order valence-corrected chi connectivity index (χ4v) is 5.74. The first kappa shape index (κ1) is 20.2. The maximum absolute atomic E-state index is 13.2. The molecule has 0 radical (unpaired) electrons. The third-order valence-electron chi connectivity index (χ3n) is 5.54.